The number of phenols is 1. The number of thiophene rings is 2. The number of fused-ring (bicyclic) bond motifs is 1. The lowest BCUT2D eigenvalue weighted by Gasteiger charge is -2.34. The largest absolute Gasteiger partial charge is 0.506 e. The SMILES string of the molecule is COc1cc(OCCCN(C)C2CCC(OC(=O)C(c3cccs3)c3cccs3)CC2)c(Cl)cc1CNC[C@H](O)c1ccc(O)c2[nH]c(=O)ccc12. The molecule has 1 aliphatic rings. The Bertz CT molecular complexity index is 1940. The topological polar surface area (TPSA) is 133 Å². The van der Waals surface area contributed by atoms with Crippen molar-refractivity contribution in [2.45, 2.75) is 62.8 Å². The number of ether oxygens (including phenoxy) is 3. The molecule has 0 aliphatic heterocycles. The Kier molecular flexibility index (Phi) is 12.9. The van der Waals surface area contributed by atoms with Gasteiger partial charge in [-0.3, -0.25) is 9.59 Å². The van der Waals surface area contributed by atoms with E-state index in [9.17, 15) is 19.8 Å². The fraction of sp³-hybridized carbons (Fsp3) is 0.385. The average Bonchev–Trinajstić information content (AvgIpc) is 3.87. The van der Waals surface area contributed by atoms with Crippen molar-refractivity contribution in [3.05, 3.63) is 108 Å². The zero-order valence-corrected chi connectivity index (χ0v) is 31.6. The van der Waals surface area contributed by atoms with Crippen LogP contribution >= 0.6 is 34.3 Å². The van der Waals surface area contributed by atoms with Crippen LogP contribution < -0.4 is 20.3 Å². The monoisotopic (exact) mass is 765 g/mol. The molecule has 0 amide bonds. The highest BCUT2D eigenvalue weighted by Crippen LogP contribution is 2.36. The first-order chi connectivity index (χ1) is 25.2. The van der Waals surface area contributed by atoms with Gasteiger partial charge < -0.3 is 39.6 Å². The summed E-state index contributed by atoms with van der Waals surface area (Å²) in [6, 6.07) is 18.0. The quantitative estimate of drug-likeness (QED) is 0.0607. The third-order valence-corrected chi connectivity index (χ3v) is 11.8. The minimum absolute atomic E-state index is 0.0575. The number of nitrogens with zero attached hydrogens (tertiary/aromatic N) is 1. The summed E-state index contributed by atoms with van der Waals surface area (Å²) >= 11 is 9.81. The molecule has 276 valence electrons. The first-order valence-corrected chi connectivity index (χ1v) is 19.6. The lowest BCUT2D eigenvalue weighted by Crippen LogP contribution is -2.38. The van der Waals surface area contributed by atoms with E-state index in [-0.39, 0.29) is 41.4 Å². The van der Waals surface area contributed by atoms with Crippen LogP contribution in [0.4, 0.5) is 0 Å². The molecule has 52 heavy (non-hydrogen) atoms. The molecule has 6 rings (SSSR count). The second kappa shape index (κ2) is 17.7. The van der Waals surface area contributed by atoms with Crippen molar-refractivity contribution in [3.63, 3.8) is 0 Å². The maximum Gasteiger partial charge on any atom is 0.319 e. The molecule has 0 spiro atoms. The van der Waals surface area contributed by atoms with Gasteiger partial charge in [-0.25, -0.2) is 0 Å². The number of methoxy groups -OCH3 is 1. The lowest BCUT2D eigenvalue weighted by molar-refractivity contribution is -0.151. The summed E-state index contributed by atoms with van der Waals surface area (Å²) < 4.78 is 17.8. The van der Waals surface area contributed by atoms with Crippen LogP contribution in [0, 0.1) is 0 Å². The minimum atomic E-state index is -0.894. The molecule has 0 bridgehead atoms. The first kappa shape index (κ1) is 37.8. The van der Waals surface area contributed by atoms with Gasteiger partial charge in [0.2, 0.25) is 5.56 Å². The van der Waals surface area contributed by atoms with E-state index in [0.717, 1.165) is 54.0 Å². The number of phenolic OH excluding ortho intramolecular Hbond substituents is 1. The van der Waals surface area contributed by atoms with Crippen molar-refractivity contribution in [2.24, 2.45) is 0 Å². The van der Waals surface area contributed by atoms with Crippen LogP contribution in [0.2, 0.25) is 5.02 Å². The van der Waals surface area contributed by atoms with E-state index in [1.165, 1.54) is 12.1 Å². The predicted octanol–water partition coefficient (Wildman–Crippen LogP) is 7.23. The fourth-order valence-electron chi connectivity index (χ4n) is 6.82. The van der Waals surface area contributed by atoms with Gasteiger partial charge in [-0.1, -0.05) is 29.8 Å². The molecule has 0 saturated heterocycles. The van der Waals surface area contributed by atoms with E-state index in [4.69, 9.17) is 25.8 Å². The van der Waals surface area contributed by atoms with Gasteiger partial charge >= 0.3 is 5.97 Å². The van der Waals surface area contributed by atoms with Gasteiger partial charge in [-0.2, -0.15) is 0 Å². The average molecular weight is 766 g/mol. The Morgan fingerprint density at radius 2 is 1.77 bits per heavy atom. The molecule has 1 fully saturated rings. The number of aliphatic hydroxyl groups excluding tert-OH is 1. The molecule has 0 radical (unpaired) electrons. The van der Waals surface area contributed by atoms with Crippen molar-refractivity contribution in [1.82, 2.24) is 15.2 Å². The van der Waals surface area contributed by atoms with Crippen molar-refractivity contribution in [3.8, 4) is 17.2 Å². The number of hydrogen-bond acceptors (Lipinski definition) is 11. The summed E-state index contributed by atoms with van der Waals surface area (Å²) in [5.41, 5.74) is 1.34. The molecule has 3 aromatic heterocycles. The summed E-state index contributed by atoms with van der Waals surface area (Å²) in [6.45, 7) is 1.94. The first-order valence-electron chi connectivity index (χ1n) is 17.4. The number of H-pyrrole nitrogens is 1. The van der Waals surface area contributed by atoms with Gasteiger partial charge in [0, 0.05) is 58.5 Å². The number of carbonyl (C=O) groups excluding carboxylic acids is 1. The Morgan fingerprint density at radius 1 is 1.04 bits per heavy atom. The van der Waals surface area contributed by atoms with Crippen molar-refractivity contribution in [2.75, 3.05) is 33.9 Å². The summed E-state index contributed by atoms with van der Waals surface area (Å²) in [5, 5.41) is 29.3. The van der Waals surface area contributed by atoms with Crippen LogP contribution in [0.25, 0.3) is 10.9 Å². The number of carbonyl (C=O) groups is 1. The Balaban J connectivity index is 0.933. The van der Waals surface area contributed by atoms with E-state index in [0.29, 0.717) is 46.7 Å². The molecule has 5 aromatic rings. The standard InChI is InChI=1S/C39H44ClN3O7S2/c1-43(25-8-10-26(11-9-25)50-39(47)37(34-6-3-18-51-34)35-7-4-19-52-35)16-5-17-49-33-21-32(48-2)24(20-29(33)40)22-41-23-31(45)27-12-14-30(44)38-28(27)13-15-36(46)42-38/h3-4,6-7,12-15,18-21,25-26,31,37,41,44-45H,5,8-11,16-17,22-23H2,1-2H3,(H,42,46)/t25?,26?,31-/m0/s1. The molecule has 1 aliphatic carbocycles. The van der Waals surface area contributed by atoms with Gasteiger partial charge in [0.05, 0.1) is 30.4 Å². The fourth-order valence-corrected chi connectivity index (χ4v) is 8.79. The number of nitrogens with one attached hydrogen (secondary N) is 2. The highest BCUT2D eigenvalue weighted by atomic mass is 35.5. The smallest absolute Gasteiger partial charge is 0.319 e. The zero-order chi connectivity index (χ0) is 36.6. The Hall–Kier alpha value is -3.91. The summed E-state index contributed by atoms with van der Waals surface area (Å²) in [4.78, 5) is 32.1. The molecule has 1 saturated carbocycles. The highest BCUT2D eigenvalue weighted by Gasteiger charge is 2.31. The second-order valence-corrected chi connectivity index (χ2v) is 15.4. The molecule has 0 unspecified atom stereocenters. The van der Waals surface area contributed by atoms with Gasteiger partial charge in [0.15, 0.2) is 0 Å². The summed E-state index contributed by atoms with van der Waals surface area (Å²) in [7, 11) is 3.73. The molecular formula is C39H44ClN3O7S2. The number of benzene rings is 2. The maximum absolute atomic E-state index is 13.3. The number of halogens is 1. The van der Waals surface area contributed by atoms with Crippen LogP contribution in [-0.4, -0.2) is 72.1 Å². The number of pyridine rings is 1. The molecule has 4 N–H and O–H groups in total. The number of aromatic amines is 1. The van der Waals surface area contributed by atoms with Crippen molar-refractivity contribution >= 4 is 51.1 Å². The number of esters is 1. The van der Waals surface area contributed by atoms with Crippen LogP contribution in [0.15, 0.2) is 76.2 Å². The molecular weight excluding hydrogens is 722 g/mol. The molecule has 10 nitrogen and oxygen atoms in total. The lowest BCUT2D eigenvalue weighted by atomic mass is 9.91. The second-order valence-electron chi connectivity index (χ2n) is 13.0. The predicted molar refractivity (Wildman–Crippen MR) is 206 cm³/mol. The summed E-state index contributed by atoms with van der Waals surface area (Å²) in [5.74, 6) is 0.589. The maximum atomic E-state index is 13.3. The third-order valence-electron chi connectivity index (χ3n) is 9.61. The molecule has 2 aromatic carbocycles. The molecule has 13 heteroatoms. The van der Waals surface area contributed by atoms with Gasteiger partial charge in [-0.15, -0.1) is 22.7 Å². The zero-order valence-electron chi connectivity index (χ0n) is 29.2. The third kappa shape index (κ3) is 9.17. The van der Waals surface area contributed by atoms with Crippen LogP contribution in [0.3, 0.4) is 0 Å². The van der Waals surface area contributed by atoms with Crippen LogP contribution in [0.1, 0.15) is 65.0 Å². The number of aliphatic hydroxyl groups is 1. The Labute approximate surface area is 315 Å². The normalized spacial score (nSPS) is 16.7. The molecule has 3 heterocycles. The van der Waals surface area contributed by atoms with Gasteiger partial charge in [0.1, 0.15) is 29.3 Å². The highest BCUT2D eigenvalue weighted by molar-refractivity contribution is 7.11. The molecule has 1 atom stereocenters. The van der Waals surface area contributed by atoms with Gasteiger partial charge in [0.25, 0.3) is 0 Å². The number of aromatic hydroxyl groups is 1. The van der Waals surface area contributed by atoms with E-state index in [2.05, 4.69) is 22.2 Å². The van der Waals surface area contributed by atoms with Crippen LogP contribution in [0.5, 0.6) is 17.2 Å². The van der Waals surface area contributed by atoms with E-state index < -0.39 is 6.10 Å². The number of rotatable bonds is 16. The number of aromatic nitrogens is 1. The van der Waals surface area contributed by atoms with Gasteiger partial charge in [-0.05, 0) is 85.8 Å². The summed E-state index contributed by atoms with van der Waals surface area (Å²) in [6.07, 6.45) is 3.51. The van der Waals surface area contributed by atoms with E-state index in [1.54, 1.807) is 54.0 Å². The van der Waals surface area contributed by atoms with Crippen molar-refractivity contribution in [1.29, 1.82) is 0 Å². The minimum Gasteiger partial charge on any atom is -0.506 e. The van der Waals surface area contributed by atoms with Crippen molar-refractivity contribution < 1.29 is 29.2 Å². The number of hydrogen-bond donors (Lipinski definition) is 4. The van der Waals surface area contributed by atoms with Crippen LogP contribution in [-0.2, 0) is 16.1 Å². The van der Waals surface area contributed by atoms with E-state index >= 15 is 0 Å². The Morgan fingerprint density at radius 3 is 2.44 bits per heavy atom. The van der Waals surface area contributed by atoms with E-state index in [1.807, 2.05) is 35.0 Å².